The summed E-state index contributed by atoms with van der Waals surface area (Å²) in [7, 11) is 0. The second-order valence-corrected chi connectivity index (χ2v) is 8.26. The first-order valence-electron chi connectivity index (χ1n) is 9.61. The lowest BCUT2D eigenvalue weighted by Crippen LogP contribution is -2.16. The molecule has 0 saturated carbocycles. The summed E-state index contributed by atoms with van der Waals surface area (Å²) in [6, 6.07) is 14.2. The Labute approximate surface area is 186 Å². The second-order valence-electron chi connectivity index (χ2n) is 6.74. The number of carbonyl (C=O) groups excluding carboxylic acids is 1. The fraction of sp³-hybridized carbons (Fsp3) is 0.227. The van der Waals surface area contributed by atoms with Crippen molar-refractivity contribution in [2.45, 2.75) is 26.5 Å². The number of hydrogen-bond donors (Lipinski definition) is 0. The molecule has 31 heavy (non-hydrogen) atoms. The molecule has 2 aromatic heterocycles. The van der Waals surface area contributed by atoms with E-state index < -0.39 is 11.7 Å². The summed E-state index contributed by atoms with van der Waals surface area (Å²) in [4.78, 5) is 29.2. The maximum Gasteiger partial charge on any atom is 0.419 e. The number of fused-ring (bicyclic) bond motifs is 1. The van der Waals surface area contributed by atoms with Gasteiger partial charge in [-0.2, -0.15) is 0 Å². The number of halogens is 1. The Morgan fingerprint density at radius 3 is 2.77 bits per heavy atom. The van der Waals surface area contributed by atoms with Gasteiger partial charge < -0.3 is 13.9 Å². The third-order valence-electron chi connectivity index (χ3n) is 4.54. The predicted octanol–water partition coefficient (Wildman–Crippen LogP) is 4.84. The molecule has 4 aromatic rings. The van der Waals surface area contributed by atoms with Crippen LogP contribution in [0.25, 0.3) is 11.1 Å². The van der Waals surface area contributed by atoms with Crippen LogP contribution in [-0.4, -0.2) is 22.1 Å². The first-order chi connectivity index (χ1) is 15.0. The standard InChI is InChI=1S/C22H19ClN2O5S/c1-14-20(31-19(24-14)13-29-16-9-7-15(23)8-10-16)21(26)28-12-4-11-25-17-5-2-3-6-18(17)30-22(25)27/h2-3,5-10H,4,11-13H2,1H3. The lowest BCUT2D eigenvalue weighted by molar-refractivity contribution is 0.0500. The van der Waals surface area contributed by atoms with Gasteiger partial charge in [-0.05, 0) is 49.7 Å². The summed E-state index contributed by atoms with van der Waals surface area (Å²) in [6.45, 7) is 2.58. The summed E-state index contributed by atoms with van der Waals surface area (Å²) in [5.41, 5.74) is 1.86. The molecule has 160 valence electrons. The SMILES string of the molecule is Cc1nc(COc2ccc(Cl)cc2)sc1C(=O)OCCCn1c(=O)oc2ccccc21. The minimum absolute atomic E-state index is 0.179. The third-order valence-corrected chi connectivity index (χ3v) is 5.90. The van der Waals surface area contributed by atoms with E-state index in [-0.39, 0.29) is 13.2 Å². The van der Waals surface area contributed by atoms with E-state index in [1.807, 2.05) is 18.2 Å². The van der Waals surface area contributed by atoms with Gasteiger partial charge in [-0.3, -0.25) is 4.57 Å². The molecule has 4 rings (SSSR count). The van der Waals surface area contributed by atoms with Crippen LogP contribution in [0.2, 0.25) is 5.02 Å². The van der Waals surface area contributed by atoms with E-state index in [9.17, 15) is 9.59 Å². The van der Waals surface area contributed by atoms with Gasteiger partial charge in [-0.15, -0.1) is 11.3 Å². The summed E-state index contributed by atoms with van der Waals surface area (Å²) in [6.07, 6.45) is 0.486. The number of thiazole rings is 1. The van der Waals surface area contributed by atoms with E-state index in [2.05, 4.69) is 4.98 Å². The maximum atomic E-state index is 12.4. The van der Waals surface area contributed by atoms with Crippen LogP contribution in [0.5, 0.6) is 5.75 Å². The van der Waals surface area contributed by atoms with Crippen molar-refractivity contribution in [2.24, 2.45) is 0 Å². The molecule has 0 fully saturated rings. The Bertz CT molecular complexity index is 1260. The van der Waals surface area contributed by atoms with Crippen molar-refractivity contribution in [3.63, 3.8) is 0 Å². The van der Waals surface area contributed by atoms with Crippen molar-refractivity contribution < 1.29 is 18.7 Å². The molecule has 0 atom stereocenters. The van der Waals surface area contributed by atoms with Crippen molar-refractivity contribution in [2.75, 3.05) is 6.61 Å². The molecule has 0 aliphatic carbocycles. The molecular weight excluding hydrogens is 440 g/mol. The van der Waals surface area contributed by atoms with Crippen molar-refractivity contribution >= 4 is 40.0 Å². The Kier molecular flexibility index (Phi) is 6.39. The van der Waals surface area contributed by atoms with Crippen LogP contribution in [0, 0.1) is 6.92 Å². The van der Waals surface area contributed by atoms with Gasteiger partial charge in [0.25, 0.3) is 0 Å². The van der Waals surface area contributed by atoms with Crippen LogP contribution in [0.15, 0.2) is 57.7 Å². The third kappa shape index (κ3) is 4.98. The van der Waals surface area contributed by atoms with E-state index in [4.69, 9.17) is 25.5 Å². The average molecular weight is 459 g/mol. The van der Waals surface area contributed by atoms with Gasteiger partial charge in [0.15, 0.2) is 5.58 Å². The quantitative estimate of drug-likeness (QED) is 0.277. The molecule has 0 aliphatic rings. The molecule has 0 bridgehead atoms. The zero-order valence-electron chi connectivity index (χ0n) is 16.7. The number of benzene rings is 2. The Morgan fingerprint density at radius 1 is 1.19 bits per heavy atom. The number of rotatable bonds is 8. The molecule has 0 N–H and O–H groups in total. The number of aryl methyl sites for hydroxylation is 2. The first-order valence-corrected chi connectivity index (χ1v) is 10.8. The van der Waals surface area contributed by atoms with E-state index >= 15 is 0 Å². The lowest BCUT2D eigenvalue weighted by atomic mass is 10.3. The predicted molar refractivity (Wildman–Crippen MR) is 118 cm³/mol. The fourth-order valence-corrected chi connectivity index (χ4v) is 4.06. The zero-order chi connectivity index (χ0) is 21.8. The van der Waals surface area contributed by atoms with Crippen LogP contribution in [0.3, 0.4) is 0 Å². The highest BCUT2D eigenvalue weighted by atomic mass is 35.5. The van der Waals surface area contributed by atoms with Crippen molar-refractivity contribution in [1.29, 1.82) is 0 Å². The lowest BCUT2D eigenvalue weighted by Gasteiger charge is -2.05. The summed E-state index contributed by atoms with van der Waals surface area (Å²) in [5, 5.41) is 1.31. The maximum absolute atomic E-state index is 12.4. The average Bonchev–Trinajstić information content (AvgIpc) is 3.29. The van der Waals surface area contributed by atoms with Crippen LogP contribution in [0.1, 0.15) is 26.8 Å². The van der Waals surface area contributed by atoms with Crippen LogP contribution in [-0.2, 0) is 17.9 Å². The number of esters is 1. The fourth-order valence-electron chi connectivity index (χ4n) is 3.06. The first kappa shape index (κ1) is 21.1. The van der Waals surface area contributed by atoms with E-state index in [1.54, 1.807) is 37.3 Å². The molecular formula is C22H19ClN2O5S. The number of para-hydroxylation sites is 2. The zero-order valence-corrected chi connectivity index (χ0v) is 18.2. The number of carbonyl (C=O) groups is 1. The van der Waals surface area contributed by atoms with Crippen LogP contribution < -0.4 is 10.5 Å². The molecule has 0 aliphatic heterocycles. The van der Waals surface area contributed by atoms with Gasteiger partial charge in [-0.1, -0.05) is 23.7 Å². The summed E-state index contributed by atoms with van der Waals surface area (Å²) < 4.78 is 17.8. The number of nitrogens with zero attached hydrogens (tertiary/aromatic N) is 2. The summed E-state index contributed by atoms with van der Waals surface area (Å²) in [5.74, 6) is -0.184. The Morgan fingerprint density at radius 2 is 1.97 bits per heavy atom. The Hall–Kier alpha value is -3.10. The monoisotopic (exact) mass is 458 g/mol. The van der Waals surface area contributed by atoms with Gasteiger partial charge in [0.1, 0.15) is 22.2 Å². The smallest absolute Gasteiger partial charge is 0.419 e. The molecule has 0 amide bonds. The van der Waals surface area contributed by atoms with Crippen molar-refractivity contribution in [1.82, 2.24) is 9.55 Å². The van der Waals surface area contributed by atoms with Crippen LogP contribution in [0.4, 0.5) is 0 Å². The van der Waals surface area contributed by atoms with E-state index in [0.29, 0.717) is 44.9 Å². The Balaban J connectivity index is 1.30. The molecule has 9 heteroatoms. The van der Waals surface area contributed by atoms with Crippen LogP contribution >= 0.6 is 22.9 Å². The highest BCUT2D eigenvalue weighted by Gasteiger charge is 2.17. The van der Waals surface area contributed by atoms with Gasteiger partial charge in [0, 0.05) is 11.6 Å². The molecule has 0 unspecified atom stereocenters. The van der Waals surface area contributed by atoms with Gasteiger partial charge in [0.05, 0.1) is 17.8 Å². The molecule has 0 radical (unpaired) electrons. The van der Waals surface area contributed by atoms with E-state index in [1.165, 1.54) is 15.9 Å². The second kappa shape index (κ2) is 9.36. The van der Waals surface area contributed by atoms with Crippen molar-refractivity contribution in [3.05, 3.63) is 79.7 Å². The number of ether oxygens (including phenoxy) is 2. The molecule has 0 spiro atoms. The van der Waals surface area contributed by atoms with Gasteiger partial charge in [0.2, 0.25) is 0 Å². The van der Waals surface area contributed by atoms with E-state index in [0.717, 1.165) is 5.52 Å². The molecule has 2 aromatic carbocycles. The number of hydrogen-bond acceptors (Lipinski definition) is 7. The largest absolute Gasteiger partial charge is 0.486 e. The molecule has 2 heterocycles. The molecule has 7 nitrogen and oxygen atoms in total. The highest BCUT2D eigenvalue weighted by molar-refractivity contribution is 7.13. The normalized spacial score (nSPS) is 11.0. The summed E-state index contributed by atoms with van der Waals surface area (Å²) >= 11 is 7.11. The van der Waals surface area contributed by atoms with Gasteiger partial charge in [-0.25, -0.2) is 14.6 Å². The number of oxazole rings is 1. The minimum Gasteiger partial charge on any atom is -0.486 e. The van der Waals surface area contributed by atoms with Gasteiger partial charge >= 0.3 is 11.7 Å². The highest BCUT2D eigenvalue weighted by Crippen LogP contribution is 2.22. The molecule has 0 saturated heterocycles. The topological polar surface area (TPSA) is 83.6 Å². The minimum atomic E-state index is -0.433. The van der Waals surface area contributed by atoms with Crippen molar-refractivity contribution in [3.8, 4) is 5.75 Å². The number of aromatic nitrogens is 2.